The predicted octanol–water partition coefficient (Wildman–Crippen LogP) is 6.66. The molecule has 5 aliphatic carbocycles. The molecule has 4 saturated carbocycles. The number of hydrogen-bond donors (Lipinski definition) is 1. The molecule has 3 heteroatoms. The van der Waals surface area contributed by atoms with Crippen molar-refractivity contribution in [2.75, 3.05) is 18.0 Å². The summed E-state index contributed by atoms with van der Waals surface area (Å²) in [6.45, 7) is 7.19. The van der Waals surface area contributed by atoms with Gasteiger partial charge < -0.3 is 10.0 Å². The van der Waals surface area contributed by atoms with Gasteiger partial charge in [0.05, 0.1) is 0 Å². The summed E-state index contributed by atoms with van der Waals surface area (Å²) in [5, 5.41) is 12.2. The van der Waals surface area contributed by atoms with Gasteiger partial charge in [-0.2, -0.15) is 0 Å². The van der Waals surface area contributed by atoms with Crippen molar-refractivity contribution < 1.29 is 9.90 Å². The van der Waals surface area contributed by atoms with Gasteiger partial charge in [-0.05, 0) is 117 Å². The molecule has 0 amide bonds. The largest absolute Gasteiger partial charge is 0.377 e. The third-order valence-electron chi connectivity index (χ3n) is 11.9. The Labute approximate surface area is 223 Å². The van der Waals surface area contributed by atoms with Crippen LogP contribution in [0.25, 0.3) is 0 Å². The summed E-state index contributed by atoms with van der Waals surface area (Å²) in [6.07, 6.45) is 13.8. The SMILES string of the molecule is C[C@]12CCC(=O)C=C1CC[C@@H]1[C@@H]2[C@@H](c2ccc(N3CCCC3)cc2)C[C@@]2(C)[C@H]1CC[C@@]2(O)C#CC1CC1. The van der Waals surface area contributed by atoms with Gasteiger partial charge >= 0.3 is 0 Å². The lowest BCUT2D eigenvalue weighted by atomic mass is 9.43. The molecule has 1 aromatic carbocycles. The van der Waals surface area contributed by atoms with Crippen LogP contribution in [0.4, 0.5) is 5.69 Å². The summed E-state index contributed by atoms with van der Waals surface area (Å²) in [5.41, 5.74) is 3.21. The van der Waals surface area contributed by atoms with E-state index in [1.807, 2.05) is 6.08 Å². The first-order chi connectivity index (χ1) is 17.8. The molecule has 1 aromatic rings. The number of hydrogen-bond acceptors (Lipinski definition) is 3. The second-order valence-electron chi connectivity index (χ2n) is 13.8. The van der Waals surface area contributed by atoms with Gasteiger partial charge in [-0.25, -0.2) is 0 Å². The second kappa shape index (κ2) is 8.47. The number of fused-ring (bicyclic) bond motifs is 5. The smallest absolute Gasteiger partial charge is 0.155 e. The summed E-state index contributed by atoms with van der Waals surface area (Å²) in [5.74, 6) is 9.78. The quantitative estimate of drug-likeness (QED) is 0.465. The van der Waals surface area contributed by atoms with Crippen molar-refractivity contribution >= 4 is 11.5 Å². The molecule has 1 N–H and O–H groups in total. The monoisotopic (exact) mass is 497 g/mol. The van der Waals surface area contributed by atoms with Gasteiger partial charge in [-0.1, -0.05) is 43.4 Å². The molecular formula is C34H43NO2. The molecule has 0 aromatic heterocycles. The first kappa shape index (κ1) is 24.0. The Morgan fingerprint density at radius 2 is 1.73 bits per heavy atom. The highest BCUT2D eigenvalue weighted by molar-refractivity contribution is 5.91. The molecule has 196 valence electrons. The fraction of sp³-hybridized carbons (Fsp3) is 0.676. The van der Waals surface area contributed by atoms with Crippen LogP contribution in [0.15, 0.2) is 35.9 Å². The van der Waals surface area contributed by atoms with E-state index in [9.17, 15) is 9.90 Å². The highest BCUT2D eigenvalue weighted by atomic mass is 16.3. The lowest BCUT2D eigenvalue weighted by Gasteiger charge is -2.61. The number of carbonyl (C=O) groups is 1. The van der Waals surface area contributed by atoms with E-state index in [0.717, 1.165) is 38.5 Å². The van der Waals surface area contributed by atoms with Crippen molar-refractivity contribution in [1.29, 1.82) is 0 Å². The predicted molar refractivity (Wildman–Crippen MR) is 148 cm³/mol. The number of anilines is 1. The summed E-state index contributed by atoms with van der Waals surface area (Å²) < 4.78 is 0. The van der Waals surface area contributed by atoms with Crippen LogP contribution in [0.2, 0.25) is 0 Å². The molecule has 0 bridgehead atoms. The standard InChI is InChI=1S/C34H43NO2/c1-32-16-14-27(36)21-25(32)9-12-28-30-15-18-34(37,17-13-23-5-6-23)33(30,2)22-29(31(28)32)24-7-10-26(11-8-24)35-19-3-4-20-35/h7-8,10-11,21,23,28-31,37H,3-6,9,12,14-16,18-20,22H2,1-2H3/t28-,29+,30-,31+,32-,33-,34-/m0/s1. The van der Waals surface area contributed by atoms with E-state index in [-0.39, 0.29) is 10.8 Å². The number of benzene rings is 1. The molecule has 1 heterocycles. The minimum atomic E-state index is -0.876. The molecule has 0 spiro atoms. The van der Waals surface area contributed by atoms with Crippen molar-refractivity contribution in [3.63, 3.8) is 0 Å². The van der Waals surface area contributed by atoms with Crippen LogP contribution in [-0.2, 0) is 4.79 Å². The molecule has 7 atom stereocenters. The number of carbonyl (C=O) groups excluding carboxylic acids is 1. The van der Waals surface area contributed by atoms with Crippen LogP contribution in [0.3, 0.4) is 0 Å². The zero-order valence-electron chi connectivity index (χ0n) is 22.8. The molecule has 37 heavy (non-hydrogen) atoms. The summed E-state index contributed by atoms with van der Waals surface area (Å²) >= 11 is 0. The average Bonchev–Trinajstić information content (AvgIpc) is 3.48. The molecule has 1 saturated heterocycles. The third kappa shape index (κ3) is 3.69. The minimum absolute atomic E-state index is 0.0802. The molecular weight excluding hydrogens is 454 g/mol. The van der Waals surface area contributed by atoms with Gasteiger partial charge in [0.2, 0.25) is 0 Å². The maximum absolute atomic E-state index is 12.5. The van der Waals surface area contributed by atoms with Crippen molar-refractivity contribution in [2.24, 2.45) is 34.5 Å². The Bertz CT molecular complexity index is 1180. The molecule has 0 radical (unpaired) electrons. The highest BCUT2D eigenvalue weighted by Crippen LogP contribution is 2.70. The van der Waals surface area contributed by atoms with Gasteiger partial charge in [-0.3, -0.25) is 4.79 Å². The Balaban J connectivity index is 1.31. The highest BCUT2D eigenvalue weighted by Gasteiger charge is 2.66. The second-order valence-corrected chi connectivity index (χ2v) is 13.8. The van der Waals surface area contributed by atoms with Crippen LogP contribution in [0.1, 0.15) is 96.0 Å². The molecule has 7 rings (SSSR count). The number of rotatable bonds is 2. The molecule has 0 unspecified atom stereocenters. The van der Waals surface area contributed by atoms with E-state index in [0.29, 0.717) is 41.8 Å². The summed E-state index contributed by atoms with van der Waals surface area (Å²) in [7, 11) is 0. The first-order valence-electron chi connectivity index (χ1n) is 15.1. The number of nitrogens with zero attached hydrogens (tertiary/aromatic N) is 1. The minimum Gasteiger partial charge on any atom is -0.377 e. The number of allylic oxidation sites excluding steroid dienone is 1. The molecule has 5 fully saturated rings. The Morgan fingerprint density at radius 1 is 0.973 bits per heavy atom. The van der Waals surface area contributed by atoms with E-state index in [4.69, 9.17) is 0 Å². The molecule has 6 aliphatic rings. The fourth-order valence-electron chi connectivity index (χ4n) is 9.63. The van der Waals surface area contributed by atoms with E-state index in [2.05, 4.69) is 54.9 Å². The van der Waals surface area contributed by atoms with Gasteiger partial charge in [0.15, 0.2) is 5.78 Å². The van der Waals surface area contributed by atoms with Crippen molar-refractivity contribution in [1.82, 2.24) is 0 Å². The van der Waals surface area contributed by atoms with Gasteiger partial charge in [0.1, 0.15) is 5.60 Å². The Hall–Kier alpha value is -2.05. The Morgan fingerprint density at radius 3 is 2.46 bits per heavy atom. The van der Waals surface area contributed by atoms with Crippen LogP contribution in [-0.4, -0.2) is 29.6 Å². The first-order valence-corrected chi connectivity index (χ1v) is 15.1. The lowest BCUT2D eigenvalue weighted by molar-refractivity contribution is -0.122. The van der Waals surface area contributed by atoms with Gasteiger partial charge in [-0.15, -0.1) is 0 Å². The van der Waals surface area contributed by atoms with Gasteiger partial charge in [0.25, 0.3) is 0 Å². The van der Waals surface area contributed by atoms with E-state index in [1.165, 1.54) is 55.6 Å². The van der Waals surface area contributed by atoms with Crippen LogP contribution >= 0.6 is 0 Å². The zero-order valence-corrected chi connectivity index (χ0v) is 22.8. The third-order valence-corrected chi connectivity index (χ3v) is 11.9. The van der Waals surface area contributed by atoms with E-state index >= 15 is 0 Å². The van der Waals surface area contributed by atoms with E-state index < -0.39 is 5.60 Å². The van der Waals surface area contributed by atoms with Crippen molar-refractivity contribution in [3.8, 4) is 11.8 Å². The van der Waals surface area contributed by atoms with E-state index in [1.54, 1.807) is 0 Å². The van der Waals surface area contributed by atoms with Crippen LogP contribution in [0, 0.1) is 46.3 Å². The topological polar surface area (TPSA) is 40.5 Å². The Kier molecular flexibility index (Phi) is 5.50. The van der Waals surface area contributed by atoms with Gasteiger partial charge in [0, 0.05) is 36.5 Å². The zero-order chi connectivity index (χ0) is 25.4. The summed E-state index contributed by atoms with van der Waals surface area (Å²) in [4.78, 5) is 15.0. The normalized spacial score (nSPS) is 42.8. The lowest BCUT2D eigenvalue weighted by Crippen LogP contribution is -2.57. The maximum atomic E-state index is 12.5. The maximum Gasteiger partial charge on any atom is 0.155 e. The number of aliphatic hydroxyl groups is 1. The molecule has 3 nitrogen and oxygen atoms in total. The number of ketones is 1. The summed E-state index contributed by atoms with van der Waals surface area (Å²) in [6, 6.07) is 9.50. The average molecular weight is 498 g/mol. The van der Waals surface area contributed by atoms with Crippen molar-refractivity contribution in [3.05, 3.63) is 41.5 Å². The fourth-order valence-corrected chi connectivity index (χ4v) is 9.63. The molecule has 1 aliphatic heterocycles. The van der Waals surface area contributed by atoms with Crippen LogP contribution < -0.4 is 4.90 Å². The van der Waals surface area contributed by atoms with Crippen LogP contribution in [0.5, 0.6) is 0 Å². The van der Waals surface area contributed by atoms with Crippen molar-refractivity contribution in [2.45, 2.75) is 96.0 Å².